The van der Waals surface area contributed by atoms with Gasteiger partial charge in [0.1, 0.15) is 18.1 Å². The van der Waals surface area contributed by atoms with Gasteiger partial charge in [-0.15, -0.1) is 0 Å². The summed E-state index contributed by atoms with van der Waals surface area (Å²) >= 11 is 0. The van der Waals surface area contributed by atoms with Crippen molar-refractivity contribution < 1.29 is 9.47 Å². The molecule has 0 amide bonds. The average molecular weight is 384 g/mol. The van der Waals surface area contributed by atoms with E-state index in [0.717, 1.165) is 54.9 Å². The maximum Gasteiger partial charge on any atom is 0.123 e. The predicted molar refractivity (Wildman–Crippen MR) is 113 cm³/mol. The number of hydrogen-bond acceptors (Lipinski definition) is 5. The molecular formula is C23H33N3O2. The second-order valence-corrected chi connectivity index (χ2v) is 8.10. The van der Waals surface area contributed by atoms with Gasteiger partial charge in [-0.1, -0.05) is 19.9 Å². The number of pyridine rings is 1. The Bertz CT molecular complexity index is 725. The van der Waals surface area contributed by atoms with Gasteiger partial charge in [-0.3, -0.25) is 4.98 Å². The van der Waals surface area contributed by atoms with Crippen molar-refractivity contribution in [2.75, 3.05) is 26.2 Å². The molecule has 0 radical (unpaired) electrons. The van der Waals surface area contributed by atoms with Crippen molar-refractivity contribution in [2.45, 2.75) is 40.3 Å². The van der Waals surface area contributed by atoms with Crippen LogP contribution in [0, 0.1) is 18.8 Å². The monoisotopic (exact) mass is 383 g/mol. The minimum atomic E-state index is 0.486. The van der Waals surface area contributed by atoms with Crippen LogP contribution in [0.3, 0.4) is 0 Å². The maximum atomic E-state index is 6.04. The molecule has 0 spiro atoms. The fraction of sp³-hybridized carbons (Fsp3) is 0.522. The van der Waals surface area contributed by atoms with E-state index in [0.29, 0.717) is 19.1 Å². The van der Waals surface area contributed by atoms with Crippen LogP contribution in [0.5, 0.6) is 11.5 Å². The lowest BCUT2D eigenvalue weighted by Gasteiger charge is -2.15. The summed E-state index contributed by atoms with van der Waals surface area (Å²) in [5.74, 6) is 2.92. The first-order valence-corrected chi connectivity index (χ1v) is 10.3. The van der Waals surface area contributed by atoms with Crippen LogP contribution in [0.25, 0.3) is 0 Å². The number of rotatable bonds is 10. The molecule has 3 rings (SSSR count). The van der Waals surface area contributed by atoms with Crippen LogP contribution in [0.1, 0.15) is 37.1 Å². The topological polar surface area (TPSA) is 55.4 Å². The summed E-state index contributed by atoms with van der Waals surface area (Å²) in [6.45, 7) is 11.6. The molecule has 5 nitrogen and oxygen atoms in total. The lowest BCUT2D eigenvalue weighted by Crippen LogP contribution is -2.24. The van der Waals surface area contributed by atoms with Gasteiger partial charge in [-0.05, 0) is 68.6 Å². The molecular weight excluding hydrogens is 350 g/mol. The largest absolute Gasteiger partial charge is 0.493 e. The van der Waals surface area contributed by atoms with Crippen molar-refractivity contribution in [3.63, 3.8) is 0 Å². The molecule has 1 saturated heterocycles. The van der Waals surface area contributed by atoms with Crippen LogP contribution in [0.15, 0.2) is 36.5 Å². The van der Waals surface area contributed by atoms with Gasteiger partial charge in [0.25, 0.3) is 0 Å². The highest BCUT2D eigenvalue weighted by molar-refractivity contribution is 5.38. The van der Waals surface area contributed by atoms with Gasteiger partial charge in [0.15, 0.2) is 0 Å². The summed E-state index contributed by atoms with van der Waals surface area (Å²) in [7, 11) is 0. The molecule has 2 aromatic rings. The van der Waals surface area contributed by atoms with Gasteiger partial charge in [0, 0.05) is 30.1 Å². The van der Waals surface area contributed by atoms with E-state index in [4.69, 9.17) is 9.47 Å². The summed E-state index contributed by atoms with van der Waals surface area (Å²) < 4.78 is 12.0. The predicted octanol–water partition coefficient (Wildman–Crippen LogP) is 3.70. The zero-order valence-electron chi connectivity index (χ0n) is 17.3. The zero-order chi connectivity index (χ0) is 19.8. The quantitative estimate of drug-likeness (QED) is 0.655. The second-order valence-electron chi connectivity index (χ2n) is 8.10. The van der Waals surface area contributed by atoms with E-state index in [1.807, 2.05) is 25.3 Å². The number of ether oxygens (including phenoxy) is 2. The lowest BCUT2D eigenvalue weighted by molar-refractivity contribution is 0.265. The molecule has 152 valence electrons. The van der Waals surface area contributed by atoms with E-state index in [9.17, 15) is 0 Å². The summed E-state index contributed by atoms with van der Waals surface area (Å²) in [6.07, 6.45) is 3.12. The first-order chi connectivity index (χ1) is 13.6. The second kappa shape index (κ2) is 10.4. The molecule has 5 heteroatoms. The molecule has 0 aliphatic carbocycles. The van der Waals surface area contributed by atoms with Gasteiger partial charge < -0.3 is 20.1 Å². The van der Waals surface area contributed by atoms with E-state index < -0.39 is 0 Å². The van der Waals surface area contributed by atoms with Crippen LogP contribution in [-0.4, -0.2) is 31.2 Å². The van der Waals surface area contributed by atoms with Gasteiger partial charge in [-0.2, -0.15) is 0 Å². The van der Waals surface area contributed by atoms with E-state index in [1.54, 1.807) is 0 Å². The van der Waals surface area contributed by atoms with Crippen LogP contribution in [-0.2, 0) is 13.2 Å². The Kier molecular flexibility index (Phi) is 7.69. The Morgan fingerprint density at radius 1 is 1.14 bits per heavy atom. The van der Waals surface area contributed by atoms with Crippen molar-refractivity contribution in [3.05, 3.63) is 53.3 Å². The molecule has 1 atom stereocenters. The van der Waals surface area contributed by atoms with Crippen LogP contribution in [0.4, 0.5) is 0 Å². The molecule has 2 heterocycles. The normalized spacial score (nSPS) is 16.5. The Morgan fingerprint density at radius 3 is 2.64 bits per heavy atom. The molecule has 1 aromatic carbocycles. The highest BCUT2D eigenvalue weighted by Gasteiger charge is 2.13. The van der Waals surface area contributed by atoms with Crippen molar-refractivity contribution >= 4 is 0 Å². The Morgan fingerprint density at radius 2 is 1.96 bits per heavy atom. The molecule has 1 unspecified atom stereocenters. The number of nitrogens with one attached hydrogen (secondary N) is 2. The molecule has 1 fully saturated rings. The Labute approximate surface area is 168 Å². The van der Waals surface area contributed by atoms with E-state index >= 15 is 0 Å². The molecule has 2 N–H and O–H groups in total. The first-order valence-electron chi connectivity index (χ1n) is 10.3. The van der Waals surface area contributed by atoms with Crippen LogP contribution in [0.2, 0.25) is 0 Å². The minimum absolute atomic E-state index is 0.486. The Balaban J connectivity index is 1.62. The summed E-state index contributed by atoms with van der Waals surface area (Å²) in [5.41, 5.74) is 3.26. The fourth-order valence-electron chi connectivity index (χ4n) is 3.22. The van der Waals surface area contributed by atoms with E-state index in [2.05, 4.69) is 47.7 Å². The third kappa shape index (κ3) is 6.80. The van der Waals surface area contributed by atoms with Gasteiger partial charge in [-0.25, -0.2) is 0 Å². The number of benzene rings is 1. The van der Waals surface area contributed by atoms with Crippen LogP contribution >= 0.6 is 0 Å². The molecule has 0 saturated carbocycles. The van der Waals surface area contributed by atoms with Gasteiger partial charge >= 0.3 is 0 Å². The van der Waals surface area contributed by atoms with Crippen molar-refractivity contribution in [1.29, 1.82) is 0 Å². The highest BCUT2D eigenvalue weighted by atomic mass is 16.5. The highest BCUT2D eigenvalue weighted by Crippen LogP contribution is 2.24. The number of nitrogens with zero attached hydrogens (tertiary/aromatic N) is 1. The molecule has 1 aliphatic heterocycles. The van der Waals surface area contributed by atoms with Gasteiger partial charge in [0.05, 0.1) is 6.61 Å². The SMILES string of the molecule is Cc1ccc(COc2cc(CNCC3CCNC3)cc(OCC(C)C)c2)cn1. The number of aromatic nitrogens is 1. The fourth-order valence-corrected chi connectivity index (χ4v) is 3.22. The zero-order valence-corrected chi connectivity index (χ0v) is 17.3. The van der Waals surface area contributed by atoms with Gasteiger partial charge in [0.2, 0.25) is 0 Å². The molecule has 0 bridgehead atoms. The third-order valence-corrected chi connectivity index (χ3v) is 4.83. The van der Waals surface area contributed by atoms with Crippen molar-refractivity contribution in [1.82, 2.24) is 15.6 Å². The molecule has 1 aliphatic rings. The summed E-state index contributed by atoms with van der Waals surface area (Å²) in [6, 6.07) is 10.3. The molecule has 28 heavy (non-hydrogen) atoms. The summed E-state index contributed by atoms with van der Waals surface area (Å²) in [4.78, 5) is 4.33. The maximum absolute atomic E-state index is 6.04. The minimum Gasteiger partial charge on any atom is -0.493 e. The lowest BCUT2D eigenvalue weighted by atomic mass is 10.1. The third-order valence-electron chi connectivity index (χ3n) is 4.83. The van der Waals surface area contributed by atoms with Crippen molar-refractivity contribution in [3.8, 4) is 11.5 Å². The average Bonchev–Trinajstić information content (AvgIpc) is 3.19. The smallest absolute Gasteiger partial charge is 0.123 e. The molecule has 1 aromatic heterocycles. The number of hydrogen-bond donors (Lipinski definition) is 2. The van der Waals surface area contributed by atoms with E-state index in [1.165, 1.54) is 12.0 Å². The first kappa shape index (κ1) is 20.6. The van der Waals surface area contributed by atoms with E-state index in [-0.39, 0.29) is 0 Å². The number of aryl methyl sites for hydroxylation is 1. The standard InChI is InChI=1S/C23H33N3O2/c1-17(2)15-27-22-8-21(13-25-12-19-6-7-24-11-19)9-23(10-22)28-16-20-5-4-18(3)26-14-20/h4-5,8-10,14,17,19,24-25H,6-7,11-13,15-16H2,1-3H3. The van der Waals surface area contributed by atoms with Crippen molar-refractivity contribution in [2.24, 2.45) is 11.8 Å². The Hall–Kier alpha value is -2.11. The summed E-state index contributed by atoms with van der Waals surface area (Å²) in [5, 5.41) is 7.00. The van der Waals surface area contributed by atoms with Crippen LogP contribution < -0.4 is 20.1 Å².